The van der Waals surface area contributed by atoms with Crippen molar-refractivity contribution in [3.63, 3.8) is 0 Å². The number of rotatable bonds is 5. The Balaban J connectivity index is 1.84. The summed E-state index contributed by atoms with van der Waals surface area (Å²) in [5, 5.41) is 0.693. The van der Waals surface area contributed by atoms with Crippen LogP contribution in [0.4, 0.5) is 0 Å². The van der Waals surface area contributed by atoms with E-state index in [1.165, 1.54) is 0 Å². The molecule has 0 aromatic heterocycles. The molecule has 1 saturated heterocycles. The minimum absolute atomic E-state index is 0.417. The summed E-state index contributed by atoms with van der Waals surface area (Å²) in [5.74, 6) is 0. The Labute approximate surface area is 126 Å². The molecule has 1 N–H and O–H groups in total. The van der Waals surface area contributed by atoms with E-state index in [1.54, 1.807) is 4.31 Å². The minimum atomic E-state index is -3.33. The van der Waals surface area contributed by atoms with Crippen LogP contribution in [0.2, 0.25) is 5.02 Å². The Morgan fingerprint density at radius 3 is 2.25 bits per heavy atom. The predicted octanol–water partition coefficient (Wildman–Crippen LogP) is 2.59. The molecule has 1 aliphatic rings. The standard InChI is InChI=1S/C14H21ClN2O2S/c15-14-7-5-13(6-8-14)9-10-16-20(18,19)17-11-3-1-2-4-12-17/h5-8,16H,1-4,9-12H2. The summed E-state index contributed by atoms with van der Waals surface area (Å²) in [6, 6.07) is 7.48. The molecule has 20 heavy (non-hydrogen) atoms. The van der Waals surface area contributed by atoms with E-state index in [-0.39, 0.29) is 0 Å². The molecule has 4 nitrogen and oxygen atoms in total. The van der Waals surface area contributed by atoms with Crippen LogP contribution in [0.25, 0.3) is 0 Å². The van der Waals surface area contributed by atoms with Gasteiger partial charge in [-0.2, -0.15) is 12.7 Å². The maximum Gasteiger partial charge on any atom is 0.279 e. The maximum absolute atomic E-state index is 12.2. The van der Waals surface area contributed by atoms with E-state index in [0.29, 0.717) is 31.1 Å². The fraction of sp³-hybridized carbons (Fsp3) is 0.571. The Morgan fingerprint density at radius 2 is 1.65 bits per heavy atom. The van der Waals surface area contributed by atoms with E-state index in [2.05, 4.69) is 4.72 Å². The van der Waals surface area contributed by atoms with Gasteiger partial charge in [-0.05, 0) is 37.0 Å². The van der Waals surface area contributed by atoms with Crippen molar-refractivity contribution >= 4 is 21.8 Å². The zero-order valence-electron chi connectivity index (χ0n) is 11.5. The third-order valence-corrected chi connectivity index (χ3v) is 5.38. The fourth-order valence-corrected chi connectivity index (χ4v) is 3.76. The van der Waals surface area contributed by atoms with E-state index in [0.717, 1.165) is 31.2 Å². The largest absolute Gasteiger partial charge is 0.279 e. The number of benzene rings is 1. The summed E-state index contributed by atoms with van der Waals surface area (Å²) in [4.78, 5) is 0. The van der Waals surface area contributed by atoms with Crippen LogP contribution in [0.1, 0.15) is 31.2 Å². The van der Waals surface area contributed by atoms with Crippen LogP contribution in [0.3, 0.4) is 0 Å². The first-order chi connectivity index (χ1) is 9.58. The van der Waals surface area contributed by atoms with Crippen molar-refractivity contribution in [3.05, 3.63) is 34.9 Å². The number of nitrogens with zero attached hydrogens (tertiary/aromatic N) is 1. The SMILES string of the molecule is O=S(=O)(NCCc1ccc(Cl)cc1)N1CCCCCC1. The van der Waals surface area contributed by atoms with E-state index < -0.39 is 10.2 Å². The quantitative estimate of drug-likeness (QED) is 0.907. The molecule has 1 aromatic carbocycles. The van der Waals surface area contributed by atoms with Crippen molar-refractivity contribution in [2.24, 2.45) is 0 Å². The van der Waals surface area contributed by atoms with Gasteiger partial charge in [0.15, 0.2) is 0 Å². The molecule has 0 atom stereocenters. The summed E-state index contributed by atoms with van der Waals surface area (Å²) < 4.78 is 28.6. The molecule has 1 heterocycles. The maximum atomic E-state index is 12.2. The zero-order chi connectivity index (χ0) is 14.4. The van der Waals surface area contributed by atoms with Crippen LogP contribution in [0, 0.1) is 0 Å². The van der Waals surface area contributed by atoms with Gasteiger partial charge in [-0.15, -0.1) is 0 Å². The van der Waals surface area contributed by atoms with Crippen molar-refractivity contribution in [2.75, 3.05) is 19.6 Å². The first-order valence-electron chi connectivity index (χ1n) is 7.07. The molecular weight excluding hydrogens is 296 g/mol. The normalized spacial score (nSPS) is 17.9. The number of hydrogen-bond donors (Lipinski definition) is 1. The van der Waals surface area contributed by atoms with Crippen molar-refractivity contribution in [3.8, 4) is 0 Å². The lowest BCUT2D eigenvalue weighted by Gasteiger charge is -2.20. The molecule has 6 heteroatoms. The first-order valence-corrected chi connectivity index (χ1v) is 8.89. The average molecular weight is 317 g/mol. The smallest absolute Gasteiger partial charge is 0.202 e. The van der Waals surface area contributed by atoms with Gasteiger partial charge in [0.25, 0.3) is 10.2 Å². The lowest BCUT2D eigenvalue weighted by Crippen LogP contribution is -2.41. The van der Waals surface area contributed by atoms with Gasteiger partial charge >= 0.3 is 0 Å². The summed E-state index contributed by atoms with van der Waals surface area (Å²) in [7, 11) is -3.33. The van der Waals surface area contributed by atoms with Gasteiger partial charge in [0.05, 0.1) is 0 Å². The molecule has 112 valence electrons. The molecule has 0 bridgehead atoms. The molecule has 0 unspecified atom stereocenters. The van der Waals surface area contributed by atoms with Crippen LogP contribution in [-0.2, 0) is 16.6 Å². The van der Waals surface area contributed by atoms with E-state index >= 15 is 0 Å². The third kappa shape index (κ3) is 4.74. The summed E-state index contributed by atoms with van der Waals surface area (Å²) in [5.41, 5.74) is 1.08. The second-order valence-corrected chi connectivity index (χ2v) is 7.28. The monoisotopic (exact) mass is 316 g/mol. The molecular formula is C14H21ClN2O2S. The molecule has 1 aliphatic heterocycles. The highest BCUT2D eigenvalue weighted by atomic mass is 35.5. The molecule has 0 spiro atoms. The van der Waals surface area contributed by atoms with Crippen LogP contribution < -0.4 is 4.72 Å². The molecule has 0 radical (unpaired) electrons. The molecule has 0 saturated carbocycles. The molecule has 0 amide bonds. The Kier molecular flexibility index (Phi) is 5.84. The van der Waals surface area contributed by atoms with E-state index in [4.69, 9.17) is 11.6 Å². The Morgan fingerprint density at radius 1 is 1.05 bits per heavy atom. The number of halogens is 1. The summed E-state index contributed by atoms with van der Waals surface area (Å²) >= 11 is 5.82. The zero-order valence-corrected chi connectivity index (χ0v) is 13.1. The first kappa shape index (κ1) is 15.8. The minimum Gasteiger partial charge on any atom is -0.202 e. The predicted molar refractivity (Wildman–Crippen MR) is 82.1 cm³/mol. The van der Waals surface area contributed by atoms with Gasteiger partial charge in [0.2, 0.25) is 0 Å². The topological polar surface area (TPSA) is 49.4 Å². The van der Waals surface area contributed by atoms with E-state index in [9.17, 15) is 8.42 Å². The highest BCUT2D eigenvalue weighted by Gasteiger charge is 2.21. The molecule has 1 fully saturated rings. The Bertz CT molecular complexity index is 508. The van der Waals surface area contributed by atoms with Crippen molar-refractivity contribution < 1.29 is 8.42 Å². The lowest BCUT2D eigenvalue weighted by atomic mass is 10.2. The highest BCUT2D eigenvalue weighted by molar-refractivity contribution is 7.87. The average Bonchev–Trinajstić information content (AvgIpc) is 2.70. The molecule has 1 aromatic rings. The molecule has 0 aliphatic carbocycles. The van der Waals surface area contributed by atoms with Gasteiger partial charge in [-0.1, -0.05) is 36.6 Å². The van der Waals surface area contributed by atoms with E-state index in [1.807, 2.05) is 24.3 Å². The highest BCUT2D eigenvalue weighted by Crippen LogP contribution is 2.13. The summed E-state index contributed by atoms with van der Waals surface area (Å²) in [6.45, 7) is 1.69. The van der Waals surface area contributed by atoms with Gasteiger partial charge in [-0.3, -0.25) is 0 Å². The lowest BCUT2D eigenvalue weighted by molar-refractivity contribution is 0.415. The number of nitrogens with one attached hydrogen (secondary N) is 1. The second kappa shape index (κ2) is 7.41. The third-order valence-electron chi connectivity index (χ3n) is 3.52. The number of hydrogen-bond acceptors (Lipinski definition) is 2. The van der Waals surface area contributed by atoms with Crippen LogP contribution in [0.15, 0.2) is 24.3 Å². The van der Waals surface area contributed by atoms with Crippen molar-refractivity contribution in [2.45, 2.75) is 32.1 Å². The van der Waals surface area contributed by atoms with Gasteiger partial charge in [0.1, 0.15) is 0 Å². The fourth-order valence-electron chi connectivity index (χ4n) is 2.35. The van der Waals surface area contributed by atoms with Crippen molar-refractivity contribution in [1.82, 2.24) is 9.03 Å². The van der Waals surface area contributed by atoms with Gasteiger partial charge < -0.3 is 0 Å². The van der Waals surface area contributed by atoms with Gasteiger partial charge in [0, 0.05) is 24.7 Å². The van der Waals surface area contributed by atoms with Crippen LogP contribution >= 0.6 is 11.6 Å². The van der Waals surface area contributed by atoms with Gasteiger partial charge in [-0.25, -0.2) is 4.72 Å². The summed E-state index contributed by atoms with van der Waals surface area (Å²) in [6.07, 6.45) is 4.83. The Hall–Kier alpha value is -0.620. The van der Waals surface area contributed by atoms with Crippen LogP contribution in [-0.4, -0.2) is 32.4 Å². The van der Waals surface area contributed by atoms with Crippen LogP contribution in [0.5, 0.6) is 0 Å². The molecule has 2 rings (SSSR count). The van der Waals surface area contributed by atoms with Crippen molar-refractivity contribution in [1.29, 1.82) is 0 Å². The second-order valence-electron chi connectivity index (χ2n) is 5.09.